The van der Waals surface area contributed by atoms with Gasteiger partial charge in [-0.2, -0.15) is 0 Å². The van der Waals surface area contributed by atoms with Gasteiger partial charge in [0.2, 0.25) is 0 Å². The van der Waals surface area contributed by atoms with Crippen molar-refractivity contribution >= 4 is 28.2 Å². The van der Waals surface area contributed by atoms with Gasteiger partial charge < -0.3 is 9.64 Å². The summed E-state index contributed by atoms with van der Waals surface area (Å²) < 4.78 is 5.54. The average molecular weight is 263 g/mol. The van der Waals surface area contributed by atoms with Crippen molar-refractivity contribution in [3.05, 3.63) is 35.5 Å². The highest BCUT2D eigenvalue weighted by molar-refractivity contribution is 6.34. The molecule has 0 amide bonds. The first-order valence-electron chi connectivity index (χ1n) is 6.16. The molecule has 0 spiro atoms. The molecule has 1 unspecified atom stereocenters. The second-order valence-electron chi connectivity index (χ2n) is 4.62. The van der Waals surface area contributed by atoms with Crippen molar-refractivity contribution in [2.75, 3.05) is 24.6 Å². The van der Waals surface area contributed by atoms with Gasteiger partial charge in [-0.05, 0) is 18.4 Å². The van der Waals surface area contributed by atoms with Gasteiger partial charge in [-0.25, -0.2) is 4.98 Å². The Balaban J connectivity index is 2.02. The van der Waals surface area contributed by atoms with Crippen molar-refractivity contribution in [1.82, 2.24) is 4.98 Å². The highest BCUT2D eigenvalue weighted by Crippen LogP contribution is 2.27. The molecule has 94 valence electrons. The van der Waals surface area contributed by atoms with Crippen molar-refractivity contribution < 1.29 is 4.74 Å². The molecule has 4 heteroatoms. The minimum atomic E-state index is 0.241. The molecule has 1 aliphatic rings. The monoisotopic (exact) mass is 262 g/mol. The van der Waals surface area contributed by atoms with Crippen LogP contribution in [0.25, 0.3) is 10.8 Å². The molecule has 2 heterocycles. The lowest BCUT2D eigenvalue weighted by molar-refractivity contribution is 0.0529. The van der Waals surface area contributed by atoms with Crippen LogP contribution < -0.4 is 4.90 Å². The summed E-state index contributed by atoms with van der Waals surface area (Å²) in [6, 6.07) is 10.2. The van der Waals surface area contributed by atoms with Crippen LogP contribution in [0.3, 0.4) is 0 Å². The van der Waals surface area contributed by atoms with Crippen LogP contribution in [0.2, 0.25) is 5.15 Å². The number of rotatable bonds is 1. The van der Waals surface area contributed by atoms with Crippen molar-refractivity contribution in [1.29, 1.82) is 0 Å². The maximum absolute atomic E-state index is 6.25. The lowest BCUT2D eigenvalue weighted by Gasteiger charge is -2.32. The van der Waals surface area contributed by atoms with Gasteiger partial charge in [0.05, 0.1) is 12.7 Å². The molecule has 0 saturated carbocycles. The Morgan fingerprint density at radius 2 is 2.22 bits per heavy atom. The van der Waals surface area contributed by atoms with Crippen LogP contribution in [0.1, 0.15) is 6.92 Å². The van der Waals surface area contributed by atoms with E-state index in [1.165, 1.54) is 0 Å². The van der Waals surface area contributed by atoms with Gasteiger partial charge in [0.15, 0.2) is 0 Å². The molecule has 3 nitrogen and oxygen atoms in total. The summed E-state index contributed by atoms with van der Waals surface area (Å²) in [7, 11) is 0. The van der Waals surface area contributed by atoms with Crippen LogP contribution in [0.15, 0.2) is 30.3 Å². The van der Waals surface area contributed by atoms with Crippen LogP contribution in [-0.2, 0) is 4.74 Å². The third-order valence-electron chi connectivity index (χ3n) is 3.25. The fourth-order valence-electron chi connectivity index (χ4n) is 2.33. The molecule has 18 heavy (non-hydrogen) atoms. The zero-order valence-electron chi connectivity index (χ0n) is 10.3. The number of aromatic nitrogens is 1. The molecule has 1 fully saturated rings. The number of benzene rings is 1. The molecule has 0 aliphatic carbocycles. The Morgan fingerprint density at radius 1 is 1.39 bits per heavy atom. The van der Waals surface area contributed by atoms with E-state index >= 15 is 0 Å². The summed E-state index contributed by atoms with van der Waals surface area (Å²) in [5.41, 5.74) is 0. The summed E-state index contributed by atoms with van der Waals surface area (Å²) in [6.07, 6.45) is 0.241. The summed E-state index contributed by atoms with van der Waals surface area (Å²) in [6.45, 7) is 4.55. The lowest BCUT2D eigenvalue weighted by atomic mass is 10.1. The molecule has 1 atom stereocenters. The summed E-state index contributed by atoms with van der Waals surface area (Å²) >= 11 is 6.25. The highest BCUT2D eigenvalue weighted by Gasteiger charge is 2.18. The SMILES string of the molecule is CC1CN(c2cc3ccccc3c(Cl)n2)CCO1. The third-order valence-corrected chi connectivity index (χ3v) is 3.53. The average Bonchev–Trinajstić information content (AvgIpc) is 2.39. The van der Waals surface area contributed by atoms with E-state index in [9.17, 15) is 0 Å². The largest absolute Gasteiger partial charge is 0.375 e. The van der Waals surface area contributed by atoms with E-state index < -0.39 is 0 Å². The van der Waals surface area contributed by atoms with Gasteiger partial charge in [-0.1, -0.05) is 35.9 Å². The molecular weight excluding hydrogens is 248 g/mol. The van der Waals surface area contributed by atoms with Crippen LogP contribution in [0.4, 0.5) is 5.82 Å². The number of halogens is 1. The molecule has 0 radical (unpaired) electrons. The normalized spacial score (nSPS) is 20.3. The fraction of sp³-hybridized carbons (Fsp3) is 0.357. The van der Waals surface area contributed by atoms with E-state index in [1.807, 2.05) is 18.2 Å². The minimum Gasteiger partial charge on any atom is -0.375 e. The first-order chi connectivity index (χ1) is 8.74. The first-order valence-corrected chi connectivity index (χ1v) is 6.53. The van der Waals surface area contributed by atoms with Crippen LogP contribution in [-0.4, -0.2) is 30.8 Å². The lowest BCUT2D eigenvalue weighted by Crippen LogP contribution is -2.41. The second kappa shape index (κ2) is 4.75. The number of hydrogen-bond acceptors (Lipinski definition) is 3. The Morgan fingerprint density at radius 3 is 3.06 bits per heavy atom. The van der Waals surface area contributed by atoms with Gasteiger partial charge in [0.25, 0.3) is 0 Å². The smallest absolute Gasteiger partial charge is 0.139 e. The van der Waals surface area contributed by atoms with E-state index in [0.717, 1.165) is 36.3 Å². The zero-order valence-corrected chi connectivity index (χ0v) is 11.0. The summed E-state index contributed by atoms with van der Waals surface area (Å²) in [5, 5.41) is 2.71. The maximum atomic E-state index is 6.25. The second-order valence-corrected chi connectivity index (χ2v) is 4.98. The molecule has 0 bridgehead atoms. The predicted octanol–water partition coefficient (Wildman–Crippen LogP) is 3.11. The summed E-state index contributed by atoms with van der Waals surface area (Å²) in [4.78, 5) is 6.72. The van der Waals surface area contributed by atoms with E-state index in [1.54, 1.807) is 0 Å². The van der Waals surface area contributed by atoms with Crippen molar-refractivity contribution in [2.45, 2.75) is 13.0 Å². The van der Waals surface area contributed by atoms with Gasteiger partial charge in [-0.3, -0.25) is 0 Å². The predicted molar refractivity (Wildman–Crippen MR) is 74.4 cm³/mol. The number of ether oxygens (including phenoxy) is 1. The van der Waals surface area contributed by atoms with E-state index in [2.05, 4.69) is 28.9 Å². The quantitative estimate of drug-likeness (QED) is 0.739. The Hall–Kier alpha value is -1.32. The fourth-order valence-corrected chi connectivity index (χ4v) is 2.59. The Kier molecular flexibility index (Phi) is 3.10. The molecule has 3 rings (SSSR count). The van der Waals surface area contributed by atoms with Crippen LogP contribution in [0.5, 0.6) is 0 Å². The number of fused-ring (bicyclic) bond motifs is 1. The van der Waals surface area contributed by atoms with Crippen LogP contribution in [0, 0.1) is 0 Å². The van der Waals surface area contributed by atoms with Crippen LogP contribution >= 0.6 is 11.6 Å². The molecule has 1 aliphatic heterocycles. The Labute approximate surface area is 111 Å². The summed E-state index contributed by atoms with van der Waals surface area (Å²) in [5.74, 6) is 0.939. The van der Waals surface area contributed by atoms with E-state index in [4.69, 9.17) is 16.3 Å². The van der Waals surface area contributed by atoms with E-state index in [0.29, 0.717) is 5.15 Å². The maximum Gasteiger partial charge on any atom is 0.139 e. The van der Waals surface area contributed by atoms with Gasteiger partial charge in [0, 0.05) is 18.5 Å². The van der Waals surface area contributed by atoms with Crippen molar-refractivity contribution in [3.63, 3.8) is 0 Å². The third kappa shape index (κ3) is 2.16. The van der Waals surface area contributed by atoms with Gasteiger partial charge >= 0.3 is 0 Å². The molecule has 2 aromatic rings. The molecule has 1 aromatic carbocycles. The highest BCUT2D eigenvalue weighted by atomic mass is 35.5. The van der Waals surface area contributed by atoms with Gasteiger partial charge in [0.1, 0.15) is 11.0 Å². The van der Waals surface area contributed by atoms with Crippen molar-refractivity contribution in [3.8, 4) is 0 Å². The minimum absolute atomic E-state index is 0.241. The zero-order chi connectivity index (χ0) is 12.5. The number of pyridine rings is 1. The number of nitrogens with zero attached hydrogens (tertiary/aromatic N) is 2. The molecule has 1 aromatic heterocycles. The molecular formula is C14H15ClN2O. The van der Waals surface area contributed by atoms with E-state index in [-0.39, 0.29) is 6.10 Å². The standard InChI is InChI=1S/C14H15ClN2O/c1-10-9-17(6-7-18-10)13-8-11-4-2-3-5-12(11)14(15)16-13/h2-5,8,10H,6-7,9H2,1H3. The number of hydrogen-bond donors (Lipinski definition) is 0. The first kappa shape index (κ1) is 11.8. The Bertz CT molecular complexity index is 573. The van der Waals surface area contributed by atoms with Crippen molar-refractivity contribution in [2.24, 2.45) is 0 Å². The molecule has 1 saturated heterocycles. The number of anilines is 1. The number of morpholine rings is 1. The topological polar surface area (TPSA) is 25.4 Å². The van der Waals surface area contributed by atoms with Gasteiger partial charge in [-0.15, -0.1) is 0 Å². The molecule has 0 N–H and O–H groups in total.